The molecule has 1 aliphatic heterocycles. The number of hydrogen-bond acceptors (Lipinski definition) is 5. The summed E-state index contributed by atoms with van der Waals surface area (Å²) in [5.41, 5.74) is 2.79. The Morgan fingerprint density at radius 2 is 1.93 bits per heavy atom. The van der Waals surface area contributed by atoms with E-state index in [-0.39, 0.29) is 17.2 Å². The molecular formula is C18H18ClN3O4S. The molecule has 0 radical (unpaired) electrons. The van der Waals surface area contributed by atoms with Crippen LogP contribution >= 0.6 is 11.6 Å². The van der Waals surface area contributed by atoms with Crippen LogP contribution in [0.2, 0.25) is 5.02 Å². The van der Waals surface area contributed by atoms with Crippen LogP contribution < -0.4 is 5.43 Å². The molecule has 0 aliphatic carbocycles. The Balaban J connectivity index is 1.73. The molecule has 0 aromatic heterocycles. The topological polar surface area (TPSA) is 99.1 Å². The average molecular weight is 408 g/mol. The maximum absolute atomic E-state index is 12.8. The number of hydrogen-bond donors (Lipinski definition) is 2. The number of aromatic hydroxyl groups is 1. The fourth-order valence-electron chi connectivity index (χ4n) is 2.87. The van der Waals surface area contributed by atoms with E-state index in [9.17, 15) is 18.3 Å². The van der Waals surface area contributed by atoms with Crippen LogP contribution in [0.15, 0.2) is 58.5 Å². The first kappa shape index (κ1) is 19.3. The van der Waals surface area contributed by atoms with Crippen molar-refractivity contribution in [1.29, 1.82) is 0 Å². The second-order valence-electron chi connectivity index (χ2n) is 6.02. The zero-order chi connectivity index (χ0) is 19.4. The largest absolute Gasteiger partial charge is 0.507 e. The Kier molecular flexibility index (Phi) is 5.79. The van der Waals surface area contributed by atoms with Crippen LogP contribution in [0.25, 0.3) is 0 Å². The number of sulfonamides is 1. The number of amides is 1. The first-order chi connectivity index (χ1) is 12.9. The molecule has 2 aromatic carbocycles. The Bertz CT molecular complexity index is 961. The van der Waals surface area contributed by atoms with Crippen molar-refractivity contribution in [3.63, 3.8) is 0 Å². The Labute approximate surface area is 162 Å². The van der Waals surface area contributed by atoms with Gasteiger partial charge in [-0.05, 0) is 49.2 Å². The Hall–Kier alpha value is -2.42. The van der Waals surface area contributed by atoms with Crippen LogP contribution in [0.3, 0.4) is 0 Å². The highest BCUT2D eigenvalue weighted by molar-refractivity contribution is 7.89. The van der Waals surface area contributed by atoms with Crippen LogP contribution in [-0.4, -0.2) is 42.5 Å². The molecule has 9 heteroatoms. The number of carbonyl (C=O) groups excluding carboxylic acids is 1. The summed E-state index contributed by atoms with van der Waals surface area (Å²) >= 11 is 5.81. The van der Waals surface area contributed by atoms with E-state index in [1.807, 2.05) is 0 Å². The summed E-state index contributed by atoms with van der Waals surface area (Å²) in [5.74, 6) is -0.486. The molecule has 1 aliphatic rings. The van der Waals surface area contributed by atoms with E-state index >= 15 is 0 Å². The molecule has 27 heavy (non-hydrogen) atoms. The number of nitrogens with one attached hydrogen (secondary N) is 1. The van der Waals surface area contributed by atoms with Crippen LogP contribution in [0.4, 0.5) is 0 Å². The fourth-order valence-corrected chi connectivity index (χ4v) is 4.65. The Morgan fingerprint density at radius 1 is 1.22 bits per heavy atom. The van der Waals surface area contributed by atoms with E-state index in [0.717, 1.165) is 0 Å². The fraction of sp³-hybridized carbons (Fsp3) is 0.222. The summed E-state index contributed by atoms with van der Waals surface area (Å²) in [5, 5.41) is 13.9. The second-order valence-corrected chi connectivity index (χ2v) is 8.35. The average Bonchev–Trinajstić information content (AvgIpc) is 3.14. The summed E-state index contributed by atoms with van der Waals surface area (Å²) in [4.78, 5) is 12.5. The lowest BCUT2D eigenvalue weighted by molar-refractivity contribution is -0.124. The van der Waals surface area contributed by atoms with Crippen LogP contribution in [0.1, 0.15) is 18.4 Å². The smallest absolute Gasteiger partial charge is 0.258 e. The number of halogens is 1. The van der Waals surface area contributed by atoms with Crippen molar-refractivity contribution in [2.75, 3.05) is 6.54 Å². The summed E-state index contributed by atoms with van der Waals surface area (Å²) in [6.07, 6.45) is 2.29. The molecule has 1 saturated heterocycles. The van der Waals surface area contributed by atoms with Gasteiger partial charge in [-0.3, -0.25) is 4.79 Å². The summed E-state index contributed by atoms with van der Waals surface area (Å²) in [7, 11) is -3.81. The van der Waals surface area contributed by atoms with Gasteiger partial charge in [0, 0.05) is 17.1 Å². The molecule has 0 spiro atoms. The van der Waals surface area contributed by atoms with Crippen LogP contribution in [0.5, 0.6) is 5.75 Å². The highest BCUT2D eigenvalue weighted by Gasteiger charge is 2.39. The SMILES string of the molecule is O=C(NN=Cc1ccccc1O)[C@H]1CCCN1S(=O)(=O)c1ccc(Cl)cc1. The van der Waals surface area contributed by atoms with Crippen molar-refractivity contribution >= 4 is 33.7 Å². The van der Waals surface area contributed by atoms with Crippen molar-refractivity contribution in [3.8, 4) is 5.75 Å². The van der Waals surface area contributed by atoms with Gasteiger partial charge in [-0.15, -0.1) is 0 Å². The molecule has 0 saturated carbocycles. The highest BCUT2D eigenvalue weighted by Crippen LogP contribution is 2.27. The van der Waals surface area contributed by atoms with Crippen molar-refractivity contribution in [2.24, 2.45) is 5.10 Å². The molecule has 1 atom stereocenters. The molecule has 3 rings (SSSR count). The van der Waals surface area contributed by atoms with Gasteiger partial charge in [-0.2, -0.15) is 9.41 Å². The van der Waals surface area contributed by atoms with E-state index in [2.05, 4.69) is 10.5 Å². The minimum absolute atomic E-state index is 0.0308. The number of phenols is 1. The van der Waals surface area contributed by atoms with Gasteiger partial charge in [0.25, 0.3) is 5.91 Å². The van der Waals surface area contributed by atoms with Crippen molar-refractivity contribution in [1.82, 2.24) is 9.73 Å². The first-order valence-corrected chi connectivity index (χ1v) is 10.1. The number of benzene rings is 2. The maximum Gasteiger partial charge on any atom is 0.258 e. The number of rotatable bonds is 5. The van der Waals surface area contributed by atoms with Crippen LogP contribution in [0, 0.1) is 0 Å². The standard InChI is InChI=1S/C18H18ClN3O4S/c19-14-7-9-15(10-8-14)27(25,26)22-11-3-5-16(22)18(24)21-20-12-13-4-1-2-6-17(13)23/h1-2,4,6-10,12,16,23H,3,5,11H2,(H,21,24)/t16-/m1/s1. The van der Waals surface area contributed by atoms with Crippen molar-refractivity contribution in [3.05, 3.63) is 59.1 Å². The molecule has 1 fully saturated rings. The van der Waals surface area contributed by atoms with Gasteiger partial charge in [0.1, 0.15) is 11.8 Å². The monoisotopic (exact) mass is 407 g/mol. The van der Waals surface area contributed by atoms with Gasteiger partial charge in [-0.1, -0.05) is 23.7 Å². The van der Waals surface area contributed by atoms with Crippen molar-refractivity contribution < 1.29 is 18.3 Å². The molecule has 1 heterocycles. The minimum Gasteiger partial charge on any atom is -0.507 e. The van der Waals surface area contributed by atoms with E-state index in [0.29, 0.717) is 23.4 Å². The lowest BCUT2D eigenvalue weighted by Crippen LogP contribution is -2.44. The van der Waals surface area contributed by atoms with E-state index in [1.165, 1.54) is 40.9 Å². The molecule has 7 nitrogen and oxygen atoms in total. The van der Waals surface area contributed by atoms with E-state index in [1.54, 1.807) is 18.2 Å². The van der Waals surface area contributed by atoms with E-state index < -0.39 is 22.0 Å². The predicted molar refractivity (Wildman–Crippen MR) is 102 cm³/mol. The van der Waals surface area contributed by atoms with Gasteiger partial charge < -0.3 is 5.11 Å². The third-order valence-corrected chi connectivity index (χ3v) is 6.42. The highest BCUT2D eigenvalue weighted by atomic mass is 35.5. The van der Waals surface area contributed by atoms with Crippen LogP contribution in [-0.2, 0) is 14.8 Å². The number of phenolic OH excluding ortho intramolecular Hbond substituents is 1. The molecule has 0 unspecified atom stereocenters. The lowest BCUT2D eigenvalue weighted by Gasteiger charge is -2.22. The lowest BCUT2D eigenvalue weighted by atomic mass is 10.2. The van der Waals surface area contributed by atoms with Gasteiger partial charge in [0.15, 0.2) is 0 Å². The predicted octanol–water partition coefficient (Wildman–Crippen LogP) is 2.35. The quantitative estimate of drug-likeness (QED) is 0.587. The first-order valence-electron chi connectivity index (χ1n) is 8.28. The Morgan fingerprint density at radius 3 is 2.63 bits per heavy atom. The second kappa shape index (κ2) is 8.08. The zero-order valence-corrected chi connectivity index (χ0v) is 15.8. The van der Waals surface area contributed by atoms with Gasteiger partial charge in [0.2, 0.25) is 10.0 Å². The summed E-state index contributed by atoms with van der Waals surface area (Å²) < 4.78 is 26.8. The summed E-state index contributed by atoms with van der Waals surface area (Å²) in [6.45, 7) is 0.256. The molecule has 142 valence electrons. The normalized spacial score (nSPS) is 18.0. The molecule has 2 N–H and O–H groups in total. The third kappa shape index (κ3) is 4.29. The minimum atomic E-state index is -3.81. The molecule has 0 bridgehead atoms. The molecular weight excluding hydrogens is 390 g/mol. The number of hydrazone groups is 1. The molecule has 2 aromatic rings. The number of nitrogens with zero attached hydrogens (tertiary/aromatic N) is 2. The maximum atomic E-state index is 12.8. The van der Waals surface area contributed by atoms with E-state index in [4.69, 9.17) is 11.6 Å². The zero-order valence-electron chi connectivity index (χ0n) is 14.2. The van der Waals surface area contributed by atoms with Gasteiger partial charge in [0.05, 0.1) is 11.1 Å². The molecule has 1 amide bonds. The van der Waals surface area contributed by atoms with Gasteiger partial charge in [-0.25, -0.2) is 13.8 Å². The summed E-state index contributed by atoms with van der Waals surface area (Å²) in [6, 6.07) is 11.5. The van der Waals surface area contributed by atoms with Gasteiger partial charge >= 0.3 is 0 Å². The number of para-hydroxylation sites is 1. The number of carbonyl (C=O) groups is 1. The third-order valence-electron chi connectivity index (χ3n) is 4.24. The van der Waals surface area contributed by atoms with Crippen molar-refractivity contribution in [2.45, 2.75) is 23.8 Å².